The maximum absolute atomic E-state index is 13.0. The van der Waals surface area contributed by atoms with Crippen LogP contribution in [0.15, 0.2) is 42.5 Å². The molecule has 0 aromatic heterocycles. The number of anilines is 2. The van der Waals surface area contributed by atoms with Crippen LogP contribution in [0, 0.1) is 5.82 Å². The van der Waals surface area contributed by atoms with Gasteiger partial charge < -0.3 is 10.2 Å². The summed E-state index contributed by atoms with van der Waals surface area (Å²) < 4.78 is 51.5. The van der Waals surface area contributed by atoms with Crippen LogP contribution in [-0.2, 0) is 15.8 Å². The topological polar surface area (TPSA) is 49.4 Å². The SMILES string of the molecule is CC(=O)N(CC(=O)Nc1ccc(Cl)c(C(F)(F)F)c1)c1ccc(F)cc1. The zero-order valence-electron chi connectivity index (χ0n) is 13.4. The summed E-state index contributed by atoms with van der Waals surface area (Å²) in [7, 11) is 0. The lowest BCUT2D eigenvalue weighted by Gasteiger charge is -2.21. The first-order valence-corrected chi connectivity index (χ1v) is 7.66. The molecule has 1 N–H and O–H groups in total. The minimum atomic E-state index is -4.67. The summed E-state index contributed by atoms with van der Waals surface area (Å²) in [5.41, 5.74) is -0.922. The molecule has 0 bridgehead atoms. The van der Waals surface area contributed by atoms with Gasteiger partial charge in [0.2, 0.25) is 11.8 Å². The quantitative estimate of drug-likeness (QED) is 0.784. The molecule has 26 heavy (non-hydrogen) atoms. The summed E-state index contributed by atoms with van der Waals surface area (Å²) in [6.45, 7) is 0.756. The Kier molecular flexibility index (Phi) is 5.86. The fourth-order valence-electron chi connectivity index (χ4n) is 2.17. The molecule has 0 fully saturated rings. The average molecular weight is 389 g/mol. The Balaban J connectivity index is 2.16. The van der Waals surface area contributed by atoms with Crippen molar-refractivity contribution in [2.24, 2.45) is 0 Å². The lowest BCUT2D eigenvalue weighted by Crippen LogP contribution is -2.36. The van der Waals surface area contributed by atoms with E-state index in [1.807, 2.05) is 0 Å². The number of alkyl halides is 3. The smallest absolute Gasteiger partial charge is 0.325 e. The van der Waals surface area contributed by atoms with E-state index in [4.69, 9.17) is 11.6 Å². The number of halogens is 5. The Morgan fingerprint density at radius 2 is 1.73 bits per heavy atom. The van der Waals surface area contributed by atoms with Crippen molar-refractivity contribution in [2.45, 2.75) is 13.1 Å². The molecule has 9 heteroatoms. The predicted octanol–water partition coefficient (Wildman–Crippen LogP) is 4.49. The van der Waals surface area contributed by atoms with Gasteiger partial charge in [-0.25, -0.2) is 4.39 Å². The van der Waals surface area contributed by atoms with Crippen LogP contribution in [0.25, 0.3) is 0 Å². The van der Waals surface area contributed by atoms with Gasteiger partial charge in [-0.05, 0) is 42.5 Å². The zero-order chi connectivity index (χ0) is 19.5. The Morgan fingerprint density at radius 3 is 2.27 bits per heavy atom. The Morgan fingerprint density at radius 1 is 1.12 bits per heavy atom. The normalized spacial score (nSPS) is 11.2. The first-order chi connectivity index (χ1) is 12.1. The summed E-state index contributed by atoms with van der Waals surface area (Å²) in [6, 6.07) is 7.81. The van der Waals surface area contributed by atoms with Crippen LogP contribution in [0.1, 0.15) is 12.5 Å². The number of rotatable bonds is 4. The van der Waals surface area contributed by atoms with Crippen LogP contribution in [0.3, 0.4) is 0 Å². The minimum absolute atomic E-state index is 0.116. The van der Waals surface area contributed by atoms with Crippen molar-refractivity contribution in [3.05, 3.63) is 58.9 Å². The molecule has 2 amide bonds. The molecule has 0 saturated heterocycles. The second-order valence-corrected chi connectivity index (χ2v) is 5.73. The summed E-state index contributed by atoms with van der Waals surface area (Å²) in [4.78, 5) is 24.9. The lowest BCUT2D eigenvalue weighted by atomic mass is 10.2. The van der Waals surface area contributed by atoms with E-state index < -0.39 is 40.9 Å². The summed E-state index contributed by atoms with van der Waals surface area (Å²) in [6.07, 6.45) is -4.67. The standard InChI is InChI=1S/C17H13ClF4N2O2/c1-10(25)24(13-5-2-11(19)3-6-13)9-16(26)23-12-4-7-15(18)14(8-12)17(20,21)22/h2-8H,9H2,1H3,(H,23,26). The summed E-state index contributed by atoms with van der Waals surface area (Å²) >= 11 is 5.52. The molecule has 138 valence electrons. The van der Waals surface area contributed by atoms with Crippen molar-refractivity contribution < 1.29 is 27.2 Å². The number of nitrogens with zero attached hydrogens (tertiary/aromatic N) is 1. The van der Waals surface area contributed by atoms with Gasteiger partial charge in [-0.15, -0.1) is 0 Å². The third-order valence-corrected chi connectivity index (χ3v) is 3.71. The molecule has 0 atom stereocenters. The van der Waals surface area contributed by atoms with E-state index in [2.05, 4.69) is 5.32 Å². The third-order valence-electron chi connectivity index (χ3n) is 3.38. The first kappa shape index (κ1) is 19.7. The molecule has 2 aromatic carbocycles. The summed E-state index contributed by atoms with van der Waals surface area (Å²) in [5, 5.41) is 1.79. The first-order valence-electron chi connectivity index (χ1n) is 7.28. The maximum Gasteiger partial charge on any atom is 0.417 e. The zero-order valence-corrected chi connectivity index (χ0v) is 14.2. The van der Waals surface area contributed by atoms with Crippen LogP contribution in [-0.4, -0.2) is 18.4 Å². The number of hydrogen-bond donors (Lipinski definition) is 1. The molecule has 0 heterocycles. The molecule has 0 spiro atoms. The number of hydrogen-bond acceptors (Lipinski definition) is 2. The van der Waals surface area contributed by atoms with Crippen molar-refractivity contribution in [1.82, 2.24) is 0 Å². The average Bonchev–Trinajstić information content (AvgIpc) is 2.54. The highest BCUT2D eigenvalue weighted by Gasteiger charge is 2.33. The fraction of sp³-hybridized carbons (Fsp3) is 0.176. The maximum atomic E-state index is 13.0. The van der Waals surface area contributed by atoms with Crippen LogP contribution in [0.4, 0.5) is 28.9 Å². The minimum Gasteiger partial charge on any atom is -0.325 e. The van der Waals surface area contributed by atoms with Gasteiger partial charge in [0.1, 0.15) is 12.4 Å². The van der Waals surface area contributed by atoms with E-state index in [0.717, 1.165) is 23.1 Å². The van der Waals surface area contributed by atoms with Crippen molar-refractivity contribution in [3.8, 4) is 0 Å². The van der Waals surface area contributed by atoms with Gasteiger partial charge in [-0.2, -0.15) is 13.2 Å². The largest absolute Gasteiger partial charge is 0.417 e. The highest BCUT2D eigenvalue weighted by Crippen LogP contribution is 2.36. The van der Waals surface area contributed by atoms with Gasteiger partial charge in [0.05, 0.1) is 10.6 Å². The number of carbonyl (C=O) groups excluding carboxylic acids is 2. The second-order valence-electron chi connectivity index (χ2n) is 5.32. The Bertz CT molecular complexity index is 823. The molecule has 0 saturated carbocycles. The molecular formula is C17H13ClF4N2O2. The highest BCUT2D eigenvalue weighted by molar-refractivity contribution is 6.31. The molecule has 0 aliphatic heterocycles. The van der Waals surface area contributed by atoms with Gasteiger partial charge in [0.25, 0.3) is 0 Å². The molecule has 4 nitrogen and oxygen atoms in total. The Labute approximate surface area is 151 Å². The number of amides is 2. The van der Waals surface area contributed by atoms with Crippen LogP contribution >= 0.6 is 11.6 Å². The van der Waals surface area contributed by atoms with E-state index >= 15 is 0 Å². The van der Waals surface area contributed by atoms with E-state index in [-0.39, 0.29) is 11.4 Å². The molecule has 0 aliphatic rings. The fourth-order valence-corrected chi connectivity index (χ4v) is 2.39. The molecule has 0 radical (unpaired) electrons. The van der Waals surface area contributed by atoms with Crippen LogP contribution in [0.2, 0.25) is 5.02 Å². The molecule has 0 unspecified atom stereocenters. The predicted molar refractivity (Wildman–Crippen MR) is 89.5 cm³/mol. The van der Waals surface area contributed by atoms with Gasteiger partial charge in [0, 0.05) is 18.3 Å². The number of carbonyl (C=O) groups is 2. The van der Waals surface area contributed by atoms with Crippen molar-refractivity contribution in [1.29, 1.82) is 0 Å². The van der Waals surface area contributed by atoms with E-state index in [1.165, 1.54) is 25.1 Å². The second kappa shape index (κ2) is 7.74. The van der Waals surface area contributed by atoms with Crippen LogP contribution < -0.4 is 10.2 Å². The van der Waals surface area contributed by atoms with E-state index in [9.17, 15) is 27.2 Å². The van der Waals surface area contributed by atoms with Crippen molar-refractivity contribution in [2.75, 3.05) is 16.8 Å². The van der Waals surface area contributed by atoms with Crippen molar-refractivity contribution in [3.63, 3.8) is 0 Å². The molecular weight excluding hydrogens is 376 g/mol. The van der Waals surface area contributed by atoms with Crippen LogP contribution in [0.5, 0.6) is 0 Å². The summed E-state index contributed by atoms with van der Waals surface area (Å²) in [5.74, 6) is -1.72. The van der Waals surface area contributed by atoms with Crippen molar-refractivity contribution >= 4 is 34.8 Å². The Hall–Kier alpha value is -2.61. The van der Waals surface area contributed by atoms with E-state index in [0.29, 0.717) is 6.07 Å². The van der Waals surface area contributed by atoms with Gasteiger partial charge in [0.15, 0.2) is 0 Å². The molecule has 2 aromatic rings. The molecule has 0 aliphatic carbocycles. The third kappa shape index (κ3) is 4.95. The van der Waals surface area contributed by atoms with Gasteiger partial charge in [-0.3, -0.25) is 9.59 Å². The van der Waals surface area contributed by atoms with E-state index in [1.54, 1.807) is 0 Å². The highest BCUT2D eigenvalue weighted by atomic mass is 35.5. The van der Waals surface area contributed by atoms with Gasteiger partial charge >= 0.3 is 6.18 Å². The monoisotopic (exact) mass is 388 g/mol. The lowest BCUT2D eigenvalue weighted by molar-refractivity contribution is -0.137. The van der Waals surface area contributed by atoms with Gasteiger partial charge in [-0.1, -0.05) is 11.6 Å². The number of nitrogens with one attached hydrogen (secondary N) is 1. The number of benzene rings is 2. The molecule has 2 rings (SSSR count).